The van der Waals surface area contributed by atoms with E-state index in [2.05, 4.69) is 6.58 Å². The molecule has 0 aromatic heterocycles. The van der Waals surface area contributed by atoms with E-state index in [0.29, 0.717) is 13.0 Å². The summed E-state index contributed by atoms with van der Waals surface area (Å²) < 4.78 is 0. The Balaban J connectivity index is 2.46. The van der Waals surface area contributed by atoms with Crippen molar-refractivity contribution in [1.82, 2.24) is 4.90 Å². The first kappa shape index (κ1) is 7.06. The van der Waals surface area contributed by atoms with Crippen molar-refractivity contribution >= 4 is 5.78 Å². The molecule has 2 nitrogen and oxygen atoms in total. The summed E-state index contributed by atoms with van der Waals surface area (Å²) in [6, 6.07) is 0. The van der Waals surface area contributed by atoms with E-state index in [0.717, 1.165) is 6.54 Å². The number of hydrogen-bond donors (Lipinski definition) is 0. The molecule has 0 saturated heterocycles. The highest BCUT2D eigenvalue weighted by atomic mass is 16.1. The second-order valence-corrected chi connectivity index (χ2v) is 2.35. The van der Waals surface area contributed by atoms with Crippen LogP contribution in [0.2, 0.25) is 0 Å². The largest absolute Gasteiger partial charge is 0.367 e. The normalized spacial score (nSPS) is 17.6. The third-order valence-electron chi connectivity index (χ3n) is 1.40. The predicted octanol–water partition coefficient (Wildman–Crippen LogP) is 0.961. The minimum Gasteiger partial charge on any atom is -0.367 e. The lowest BCUT2D eigenvalue weighted by atomic mass is 10.2. The Hall–Kier alpha value is -1.05. The standard InChI is InChI=1S/C8H11NO/c1-2-5-9-6-3-4-8(10)7-9/h2-3,6H,1,4-5,7H2. The van der Waals surface area contributed by atoms with Crippen LogP contribution in [-0.2, 0) is 4.79 Å². The number of Topliss-reactive ketones (excluding diaryl/α,β-unsaturated/α-hetero) is 1. The predicted molar refractivity (Wildman–Crippen MR) is 40.5 cm³/mol. The van der Waals surface area contributed by atoms with Crippen LogP contribution >= 0.6 is 0 Å². The van der Waals surface area contributed by atoms with Crippen molar-refractivity contribution < 1.29 is 4.79 Å². The second kappa shape index (κ2) is 3.20. The molecule has 0 N–H and O–H groups in total. The molecule has 0 aromatic rings. The van der Waals surface area contributed by atoms with E-state index in [4.69, 9.17) is 0 Å². The number of ketones is 1. The summed E-state index contributed by atoms with van der Waals surface area (Å²) in [6.45, 7) is 4.90. The van der Waals surface area contributed by atoms with Gasteiger partial charge in [0.2, 0.25) is 0 Å². The summed E-state index contributed by atoms with van der Waals surface area (Å²) >= 11 is 0. The first-order valence-corrected chi connectivity index (χ1v) is 3.36. The molecule has 1 aliphatic heterocycles. The molecular weight excluding hydrogens is 126 g/mol. The lowest BCUT2D eigenvalue weighted by Gasteiger charge is -2.20. The SMILES string of the molecule is C=CCN1C=CCC(=O)C1. The van der Waals surface area contributed by atoms with E-state index in [1.807, 2.05) is 17.2 Å². The van der Waals surface area contributed by atoms with Gasteiger partial charge in [-0.2, -0.15) is 0 Å². The summed E-state index contributed by atoms with van der Waals surface area (Å²) in [7, 11) is 0. The van der Waals surface area contributed by atoms with Gasteiger partial charge in [-0.25, -0.2) is 0 Å². The molecule has 0 saturated carbocycles. The quantitative estimate of drug-likeness (QED) is 0.528. The number of allylic oxidation sites excluding steroid dienone is 1. The van der Waals surface area contributed by atoms with E-state index < -0.39 is 0 Å². The maximum absolute atomic E-state index is 10.8. The molecule has 54 valence electrons. The lowest BCUT2D eigenvalue weighted by molar-refractivity contribution is -0.119. The molecule has 0 bridgehead atoms. The van der Waals surface area contributed by atoms with Gasteiger partial charge in [-0.3, -0.25) is 4.79 Å². The van der Waals surface area contributed by atoms with Gasteiger partial charge in [0, 0.05) is 13.0 Å². The van der Waals surface area contributed by atoms with Gasteiger partial charge < -0.3 is 4.90 Å². The van der Waals surface area contributed by atoms with Crippen LogP contribution in [0.5, 0.6) is 0 Å². The molecule has 0 amide bonds. The molecule has 0 aromatic carbocycles. The summed E-state index contributed by atoms with van der Waals surface area (Å²) in [4.78, 5) is 12.8. The average Bonchev–Trinajstić information content (AvgIpc) is 1.88. The van der Waals surface area contributed by atoms with E-state index in [9.17, 15) is 4.79 Å². The highest BCUT2D eigenvalue weighted by Crippen LogP contribution is 2.01. The smallest absolute Gasteiger partial charge is 0.155 e. The Bertz CT molecular complexity index is 172. The molecule has 0 atom stereocenters. The number of carbonyl (C=O) groups is 1. The maximum Gasteiger partial charge on any atom is 0.155 e. The molecule has 1 heterocycles. The van der Waals surface area contributed by atoms with Gasteiger partial charge in [-0.1, -0.05) is 12.2 Å². The molecular formula is C8H11NO. The van der Waals surface area contributed by atoms with E-state index in [1.165, 1.54) is 0 Å². The Kier molecular flexibility index (Phi) is 2.26. The van der Waals surface area contributed by atoms with Crippen molar-refractivity contribution in [3.05, 3.63) is 24.9 Å². The lowest BCUT2D eigenvalue weighted by Crippen LogP contribution is -2.27. The summed E-state index contributed by atoms with van der Waals surface area (Å²) in [5.41, 5.74) is 0. The minimum absolute atomic E-state index is 0.282. The van der Waals surface area contributed by atoms with E-state index in [1.54, 1.807) is 6.08 Å². The molecule has 0 radical (unpaired) electrons. The van der Waals surface area contributed by atoms with Crippen LogP contribution in [-0.4, -0.2) is 23.8 Å². The highest BCUT2D eigenvalue weighted by Gasteiger charge is 2.08. The number of carbonyl (C=O) groups excluding carboxylic acids is 1. The fourth-order valence-electron chi connectivity index (χ4n) is 0.968. The fraction of sp³-hybridized carbons (Fsp3) is 0.375. The van der Waals surface area contributed by atoms with E-state index in [-0.39, 0.29) is 5.78 Å². The molecule has 0 aliphatic carbocycles. The molecule has 2 heteroatoms. The third-order valence-corrected chi connectivity index (χ3v) is 1.40. The maximum atomic E-state index is 10.8. The first-order chi connectivity index (χ1) is 4.83. The molecule has 0 fully saturated rings. The van der Waals surface area contributed by atoms with Crippen molar-refractivity contribution in [2.24, 2.45) is 0 Å². The van der Waals surface area contributed by atoms with Crippen LogP contribution in [0.15, 0.2) is 24.9 Å². The summed E-state index contributed by atoms with van der Waals surface area (Å²) in [5.74, 6) is 0.282. The number of hydrogen-bond acceptors (Lipinski definition) is 2. The fourth-order valence-corrected chi connectivity index (χ4v) is 0.968. The van der Waals surface area contributed by atoms with Crippen molar-refractivity contribution in [3.63, 3.8) is 0 Å². The van der Waals surface area contributed by atoms with Gasteiger partial charge in [0.15, 0.2) is 5.78 Å². The molecule has 1 aliphatic rings. The zero-order chi connectivity index (χ0) is 7.40. The zero-order valence-electron chi connectivity index (χ0n) is 5.92. The molecule has 10 heavy (non-hydrogen) atoms. The number of nitrogens with zero attached hydrogens (tertiary/aromatic N) is 1. The molecule has 1 rings (SSSR count). The second-order valence-electron chi connectivity index (χ2n) is 2.35. The Morgan fingerprint density at radius 2 is 2.60 bits per heavy atom. The Morgan fingerprint density at radius 3 is 3.20 bits per heavy atom. The molecule has 0 unspecified atom stereocenters. The highest BCUT2D eigenvalue weighted by molar-refractivity contribution is 5.82. The first-order valence-electron chi connectivity index (χ1n) is 3.36. The zero-order valence-corrected chi connectivity index (χ0v) is 5.92. The number of rotatable bonds is 2. The summed E-state index contributed by atoms with van der Waals surface area (Å²) in [6.07, 6.45) is 6.22. The van der Waals surface area contributed by atoms with Crippen molar-refractivity contribution in [2.45, 2.75) is 6.42 Å². The monoisotopic (exact) mass is 137 g/mol. The van der Waals surface area contributed by atoms with Crippen LogP contribution in [0.3, 0.4) is 0 Å². The Morgan fingerprint density at radius 1 is 1.80 bits per heavy atom. The van der Waals surface area contributed by atoms with Gasteiger partial charge in [0.25, 0.3) is 0 Å². The molecule has 0 spiro atoms. The van der Waals surface area contributed by atoms with Crippen LogP contribution in [0.1, 0.15) is 6.42 Å². The van der Waals surface area contributed by atoms with Crippen molar-refractivity contribution in [2.75, 3.05) is 13.1 Å². The van der Waals surface area contributed by atoms with Crippen LogP contribution in [0.4, 0.5) is 0 Å². The minimum atomic E-state index is 0.282. The third kappa shape index (κ3) is 1.72. The van der Waals surface area contributed by atoms with Crippen LogP contribution in [0.25, 0.3) is 0 Å². The average molecular weight is 137 g/mol. The van der Waals surface area contributed by atoms with Gasteiger partial charge in [-0.05, 0) is 6.20 Å². The van der Waals surface area contributed by atoms with Crippen molar-refractivity contribution in [3.8, 4) is 0 Å². The van der Waals surface area contributed by atoms with Crippen LogP contribution in [0, 0.1) is 0 Å². The topological polar surface area (TPSA) is 20.3 Å². The van der Waals surface area contributed by atoms with Crippen LogP contribution < -0.4 is 0 Å². The van der Waals surface area contributed by atoms with Gasteiger partial charge in [-0.15, -0.1) is 6.58 Å². The van der Waals surface area contributed by atoms with E-state index >= 15 is 0 Å². The Labute approximate surface area is 60.8 Å². The van der Waals surface area contributed by atoms with Crippen molar-refractivity contribution in [1.29, 1.82) is 0 Å². The van der Waals surface area contributed by atoms with Gasteiger partial charge >= 0.3 is 0 Å². The van der Waals surface area contributed by atoms with Gasteiger partial charge in [0.1, 0.15) is 0 Å². The summed E-state index contributed by atoms with van der Waals surface area (Å²) in [5, 5.41) is 0. The van der Waals surface area contributed by atoms with Gasteiger partial charge in [0.05, 0.1) is 6.54 Å².